The molecule has 0 saturated heterocycles. The first-order valence-electron chi connectivity index (χ1n) is 7.31. The van der Waals surface area contributed by atoms with Crippen LogP contribution in [-0.4, -0.2) is 11.0 Å². The Hall–Kier alpha value is -3.49. The van der Waals surface area contributed by atoms with Crippen LogP contribution in [0.25, 0.3) is 0 Å². The summed E-state index contributed by atoms with van der Waals surface area (Å²) in [5.74, 6) is -14.0. The third-order valence-corrected chi connectivity index (χ3v) is 3.29. The quantitative estimate of drug-likeness (QED) is 0.214. The second kappa shape index (κ2) is 7.40. The number of rotatable bonds is 4. The van der Waals surface area contributed by atoms with Gasteiger partial charge in [-0.1, -0.05) is 12.1 Å². The molecule has 0 atom stereocenters. The number of ether oxygens (including phenoxy) is 2. The summed E-state index contributed by atoms with van der Waals surface area (Å²) in [5.41, 5.74) is -0.243. The molecule has 1 aromatic heterocycles. The molecule has 0 amide bonds. The zero-order valence-electron chi connectivity index (χ0n) is 13.2. The maximum Gasteiger partial charge on any atom is 0.343 e. The molecule has 0 N–H and O–H groups in total. The number of hydrogen-bond donors (Lipinski definition) is 0. The lowest BCUT2D eigenvalue weighted by Gasteiger charge is -2.10. The van der Waals surface area contributed by atoms with Gasteiger partial charge in [-0.3, -0.25) is 0 Å². The minimum atomic E-state index is -2.35. The molecule has 2 aromatic carbocycles. The summed E-state index contributed by atoms with van der Waals surface area (Å²) in [5, 5.41) is 0. The van der Waals surface area contributed by atoms with Gasteiger partial charge >= 0.3 is 5.97 Å². The number of nitrogens with zero attached hydrogens (tertiary/aromatic N) is 1. The van der Waals surface area contributed by atoms with Crippen molar-refractivity contribution in [2.75, 3.05) is 0 Å². The Balaban J connectivity index is 1.87. The van der Waals surface area contributed by atoms with Gasteiger partial charge in [-0.05, 0) is 24.3 Å². The molecule has 27 heavy (non-hydrogen) atoms. The summed E-state index contributed by atoms with van der Waals surface area (Å²) < 4.78 is 76.4. The van der Waals surface area contributed by atoms with Crippen LogP contribution in [0.4, 0.5) is 22.0 Å². The van der Waals surface area contributed by atoms with Crippen molar-refractivity contribution in [3.8, 4) is 17.4 Å². The molecule has 0 fully saturated rings. The summed E-state index contributed by atoms with van der Waals surface area (Å²) in [4.78, 5) is 16.0. The van der Waals surface area contributed by atoms with Crippen molar-refractivity contribution >= 4 is 5.97 Å². The fraction of sp³-hybridized carbons (Fsp3) is 0. The number of esters is 1. The second-order valence-corrected chi connectivity index (χ2v) is 5.09. The lowest BCUT2D eigenvalue weighted by Crippen LogP contribution is -2.13. The second-order valence-electron chi connectivity index (χ2n) is 5.09. The molecule has 0 spiro atoms. The first kappa shape index (κ1) is 18.3. The highest BCUT2D eigenvalue weighted by atomic mass is 19.2. The molecule has 9 heteroatoms. The van der Waals surface area contributed by atoms with Gasteiger partial charge in [-0.25, -0.2) is 22.9 Å². The van der Waals surface area contributed by atoms with Crippen LogP contribution in [0.3, 0.4) is 0 Å². The van der Waals surface area contributed by atoms with Crippen molar-refractivity contribution < 1.29 is 36.2 Å². The standard InChI is InChI=1S/C18H8F5NO3/c19-12-13(20)15(22)17(16(23)14(12)21)27-18(25)9-4-3-5-10(8-9)26-11-6-1-2-7-24-11/h1-8H. The zero-order valence-corrected chi connectivity index (χ0v) is 13.2. The van der Waals surface area contributed by atoms with Gasteiger partial charge in [0.1, 0.15) is 5.75 Å². The van der Waals surface area contributed by atoms with Gasteiger partial charge in [0.2, 0.25) is 40.7 Å². The van der Waals surface area contributed by atoms with E-state index in [2.05, 4.69) is 9.72 Å². The number of aromatic nitrogens is 1. The number of carbonyl (C=O) groups excluding carboxylic acids is 1. The van der Waals surface area contributed by atoms with E-state index >= 15 is 0 Å². The van der Waals surface area contributed by atoms with Gasteiger partial charge in [0.05, 0.1) is 5.56 Å². The van der Waals surface area contributed by atoms with Crippen LogP contribution in [0.5, 0.6) is 17.4 Å². The number of hydrogen-bond acceptors (Lipinski definition) is 4. The predicted octanol–water partition coefficient (Wildman–Crippen LogP) is 4.79. The van der Waals surface area contributed by atoms with Crippen molar-refractivity contribution in [3.05, 3.63) is 83.3 Å². The SMILES string of the molecule is O=C(Oc1c(F)c(F)c(F)c(F)c1F)c1cccc(Oc2ccccn2)c1. The molecule has 0 unspecified atom stereocenters. The molecule has 0 aliphatic rings. The lowest BCUT2D eigenvalue weighted by atomic mass is 10.2. The predicted molar refractivity (Wildman–Crippen MR) is 81.9 cm³/mol. The molecule has 0 aliphatic heterocycles. The molecule has 4 nitrogen and oxygen atoms in total. The van der Waals surface area contributed by atoms with E-state index in [0.29, 0.717) is 0 Å². The first-order valence-corrected chi connectivity index (χ1v) is 7.31. The van der Waals surface area contributed by atoms with Crippen molar-refractivity contribution in [2.45, 2.75) is 0 Å². The molecule has 0 bridgehead atoms. The normalized spacial score (nSPS) is 10.6. The van der Waals surface area contributed by atoms with Crippen LogP contribution in [0.2, 0.25) is 0 Å². The molecular formula is C18H8F5NO3. The van der Waals surface area contributed by atoms with E-state index < -0.39 is 40.8 Å². The van der Waals surface area contributed by atoms with Gasteiger partial charge in [-0.2, -0.15) is 8.78 Å². The molecule has 0 saturated carbocycles. The summed E-state index contributed by atoms with van der Waals surface area (Å²) in [6.45, 7) is 0. The average molecular weight is 381 g/mol. The molecule has 0 aliphatic carbocycles. The Morgan fingerprint density at radius 3 is 2.11 bits per heavy atom. The van der Waals surface area contributed by atoms with Gasteiger partial charge in [0.25, 0.3) is 0 Å². The van der Waals surface area contributed by atoms with Crippen molar-refractivity contribution in [3.63, 3.8) is 0 Å². The van der Waals surface area contributed by atoms with E-state index in [-0.39, 0.29) is 17.2 Å². The Morgan fingerprint density at radius 2 is 1.48 bits per heavy atom. The Bertz CT molecular complexity index is 982. The third-order valence-electron chi connectivity index (χ3n) is 3.29. The largest absolute Gasteiger partial charge is 0.439 e. The summed E-state index contributed by atoms with van der Waals surface area (Å²) in [7, 11) is 0. The van der Waals surface area contributed by atoms with E-state index in [9.17, 15) is 26.7 Å². The molecular weight excluding hydrogens is 373 g/mol. The van der Waals surface area contributed by atoms with Crippen LogP contribution in [0, 0.1) is 29.1 Å². The van der Waals surface area contributed by atoms with Gasteiger partial charge in [0, 0.05) is 12.3 Å². The number of halogens is 5. The Labute approximate surface area is 148 Å². The summed E-state index contributed by atoms with van der Waals surface area (Å²) >= 11 is 0. The highest BCUT2D eigenvalue weighted by Gasteiger charge is 2.29. The smallest absolute Gasteiger partial charge is 0.343 e. The van der Waals surface area contributed by atoms with E-state index in [0.717, 1.165) is 6.07 Å². The maximum absolute atomic E-state index is 13.6. The highest BCUT2D eigenvalue weighted by molar-refractivity contribution is 5.91. The number of pyridine rings is 1. The van der Waals surface area contributed by atoms with Crippen molar-refractivity contribution in [1.82, 2.24) is 4.98 Å². The van der Waals surface area contributed by atoms with Gasteiger partial charge in [-0.15, -0.1) is 0 Å². The van der Waals surface area contributed by atoms with Crippen molar-refractivity contribution in [1.29, 1.82) is 0 Å². The zero-order chi connectivity index (χ0) is 19.6. The summed E-state index contributed by atoms with van der Waals surface area (Å²) in [6.07, 6.45) is 1.47. The molecule has 3 rings (SSSR count). The molecule has 1 heterocycles. The van der Waals surface area contributed by atoms with E-state index in [4.69, 9.17) is 4.74 Å². The van der Waals surface area contributed by atoms with E-state index in [1.54, 1.807) is 18.2 Å². The van der Waals surface area contributed by atoms with Gasteiger partial charge < -0.3 is 9.47 Å². The van der Waals surface area contributed by atoms with Crippen LogP contribution >= 0.6 is 0 Å². The van der Waals surface area contributed by atoms with Crippen molar-refractivity contribution in [2.24, 2.45) is 0 Å². The fourth-order valence-corrected chi connectivity index (χ4v) is 2.04. The fourth-order valence-electron chi connectivity index (χ4n) is 2.04. The lowest BCUT2D eigenvalue weighted by molar-refractivity contribution is 0.0715. The van der Waals surface area contributed by atoms with Gasteiger partial charge in [0.15, 0.2) is 0 Å². The van der Waals surface area contributed by atoms with Crippen LogP contribution < -0.4 is 9.47 Å². The maximum atomic E-state index is 13.6. The Morgan fingerprint density at radius 1 is 0.815 bits per heavy atom. The van der Waals surface area contributed by atoms with E-state index in [1.165, 1.54) is 24.4 Å². The first-order chi connectivity index (χ1) is 12.9. The third kappa shape index (κ3) is 3.71. The van der Waals surface area contributed by atoms with E-state index in [1.807, 2.05) is 0 Å². The molecule has 138 valence electrons. The van der Waals surface area contributed by atoms with Crippen LogP contribution in [0.15, 0.2) is 48.7 Å². The number of benzene rings is 2. The minimum absolute atomic E-state index is 0.139. The summed E-state index contributed by atoms with van der Waals surface area (Å²) in [6, 6.07) is 10.0. The van der Waals surface area contributed by atoms with Crippen LogP contribution in [-0.2, 0) is 0 Å². The average Bonchev–Trinajstić information content (AvgIpc) is 2.69. The van der Waals surface area contributed by atoms with Crippen LogP contribution in [0.1, 0.15) is 10.4 Å². The monoisotopic (exact) mass is 381 g/mol. The Kier molecular flexibility index (Phi) is 5.02. The molecule has 3 aromatic rings. The minimum Gasteiger partial charge on any atom is -0.439 e. The highest BCUT2D eigenvalue weighted by Crippen LogP contribution is 2.30. The topological polar surface area (TPSA) is 48.4 Å². The number of carbonyl (C=O) groups is 1. The molecule has 0 radical (unpaired) electrons.